The van der Waals surface area contributed by atoms with Gasteiger partial charge in [-0.2, -0.15) is 4.31 Å². The molecule has 1 heterocycles. The average Bonchev–Trinajstić information content (AvgIpc) is 3.09. The van der Waals surface area contributed by atoms with E-state index in [0.29, 0.717) is 0 Å². The largest absolute Gasteiger partial charge is 0.497 e. The van der Waals surface area contributed by atoms with Crippen molar-refractivity contribution in [3.05, 3.63) is 108 Å². The zero-order valence-electron chi connectivity index (χ0n) is 16.4. The van der Waals surface area contributed by atoms with Crippen molar-refractivity contribution in [2.75, 3.05) is 7.11 Å². The fourth-order valence-electron chi connectivity index (χ4n) is 3.93. The molecule has 0 unspecified atom stereocenters. The van der Waals surface area contributed by atoms with Crippen LogP contribution in [0.3, 0.4) is 0 Å². The second kappa shape index (κ2) is 7.50. The molecule has 4 rings (SSSR count). The standard InChI is InChI=1S/C24H23NO3S/c1-4-23-21-7-5-6-8-22(21)24(18-11-13-19(28-3)14-12-18)25(23)29(26,27)20-15-9-17(2)10-16-20/h4-16,23-24H,1H2,2-3H3/t23-,24+/m1/s1. The van der Waals surface area contributed by atoms with Gasteiger partial charge in [0.2, 0.25) is 10.0 Å². The molecule has 0 spiro atoms. The van der Waals surface area contributed by atoms with Crippen molar-refractivity contribution in [1.82, 2.24) is 4.31 Å². The molecule has 0 fully saturated rings. The molecule has 0 saturated heterocycles. The zero-order chi connectivity index (χ0) is 20.6. The molecule has 3 aromatic rings. The Kier molecular flexibility index (Phi) is 5.03. The fraction of sp³-hybridized carbons (Fsp3) is 0.167. The van der Waals surface area contributed by atoms with Crippen LogP contribution < -0.4 is 4.74 Å². The third kappa shape index (κ3) is 3.26. The number of nitrogens with zero attached hydrogens (tertiary/aromatic N) is 1. The second-order valence-electron chi connectivity index (χ2n) is 7.13. The third-order valence-electron chi connectivity index (χ3n) is 5.39. The molecule has 0 bridgehead atoms. The molecule has 0 saturated carbocycles. The highest BCUT2D eigenvalue weighted by molar-refractivity contribution is 7.89. The van der Waals surface area contributed by atoms with Crippen LogP contribution in [-0.4, -0.2) is 19.8 Å². The van der Waals surface area contributed by atoms with E-state index in [4.69, 9.17) is 4.74 Å². The van der Waals surface area contributed by atoms with Crippen molar-refractivity contribution < 1.29 is 13.2 Å². The first-order valence-electron chi connectivity index (χ1n) is 9.43. The van der Waals surface area contributed by atoms with Crippen molar-refractivity contribution in [3.8, 4) is 5.75 Å². The fourth-order valence-corrected chi connectivity index (χ4v) is 5.66. The number of hydrogen-bond donors (Lipinski definition) is 0. The Hall–Kier alpha value is -2.89. The first-order valence-corrected chi connectivity index (χ1v) is 10.9. The molecule has 5 heteroatoms. The molecular formula is C24H23NO3S. The zero-order valence-corrected chi connectivity index (χ0v) is 17.3. The van der Waals surface area contributed by atoms with Gasteiger partial charge >= 0.3 is 0 Å². The van der Waals surface area contributed by atoms with Crippen molar-refractivity contribution >= 4 is 10.0 Å². The molecule has 148 valence electrons. The highest BCUT2D eigenvalue weighted by Crippen LogP contribution is 2.49. The summed E-state index contributed by atoms with van der Waals surface area (Å²) in [5.74, 6) is 0.730. The lowest BCUT2D eigenvalue weighted by Crippen LogP contribution is -2.33. The summed E-state index contributed by atoms with van der Waals surface area (Å²) in [6, 6.07) is 21.5. The lowest BCUT2D eigenvalue weighted by molar-refractivity contribution is 0.353. The minimum atomic E-state index is -3.77. The minimum Gasteiger partial charge on any atom is -0.497 e. The van der Waals surface area contributed by atoms with Crippen molar-refractivity contribution in [3.63, 3.8) is 0 Å². The monoisotopic (exact) mass is 405 g/mol. The summed E-state index contributed by atoms with van der Waals surface area (Å²) < 4.78 is 34.3. The van der Waals surface area contributed by atoms with E-state index in [2.05, 4.69) is 6.58 Å². The number of benzene rings is 3. The van der Waals surface area contributed by atoms with Crippen molar-refractivity contribution in [2.24, 2.45) is 0 Å². The smallest absolute Gasteiger partial charge is 0.244 e. The van der Waals surface area contributed by atoms with Crippen LogP contribution in [0, 0.1) is 6.92 Å². The van der Waals surface area contributed by atoms with Gasteiger partial charge in [-0.3, -0.25) is 0 Å². The van der Waals surface area contributed by atoms with Crippen molar-refractivity contribution in [2.45, 2.75) is 23.9 Å². The van der Waals surface area contributed by atoms with Gasteiger partial charge in [0.15, 0.2) is 0 Å². The van der Waals surface area contributed by atoms with E-state index in [9.17, 15) is 8.42 Å². The molecule has 0 amide bonds. The summed E-state index contributed by atoms with van der Waals surface area (Å²) >= 11 is 0. The normalized spacial score (nSPS) is 19.0. The van der Waals surface area contributed by atoms with E-state index in [1.807, 2.05) is 67.6 Å². The van der Waals surface area contributed by atoms with Gasteiger partial charge in [-0.15, -0.1) is 6.58 Å². The van der Waals surface area contributed by atoms with Gasteiger partial charge in [0, 0.05) is 0 Å². The molecule has 0 N–H and O–H groups in total. The Bertz CT molecular complexity index is 1140. The molecule has 0 aromatic heterocycles. The topological polar surface area (TPSA) is 46.6 Å². The molecule has 4 nitrogen and oxygen atoms in total. The van der Waals surface area contributed by atoms with E-state index < -0.39 is 22.1 Å². The molecule has 29 heavy (non-hydrogen) atoms. The molecule has 1 aliphatic rings. The quantitative estimate of drug-likeness (QED) is 0.560. The molecule has 3 aromatic carbocycles. The Balaban J connectivity index is 1.91. The SMILES string of the molecule is C=C[C@@H]1c2ccccc2[C@H](c2ccc(OC)cc2)N1S(=O)(=O)c1ccc(C)cc1. The van der Waals surface area contributed by atoms with Crippen molar-refractivity contribution in [1.29, 1.82) is 0 Å². The molecule has 2 atom stereocenters. The molecular weight excluding hydrogens is 382 g/mol. The summed E-state index contributed by atoms with van der Waals surface area (Å²) in [6.45, 7) is 5.88. The Morgan fingerprint density at radius 3 is 2.14 bits per heavy atom. The first-order chi connectivity index (χ1) is 14.0. The number of methoxy groups -OCH3 is 1. The highest BCUT2D eigenvalue weighted by Gasteiger charge is 2.45. The Morgan fingerprint density at radius 1 is 0.931 bits per heavy atom. The highest BCUT2D eigenvalue weighted by atomic mass is 32.2. The number of fused-ring (bicyclic) bond motifs is 1. The number of aryl methyl sites for hydroxylation is 1. The van der Waals surface area contributed by atoms with Crippen LogP contribution in [0.1, 0.15) is 34.3 Å². The first kappa shape index (κ1) is 19.4. The van der Waals surface area contributed by atoms with Crippen LogP contribution in [0.2, 0.25) is 0 Å². The van der Waals surface area contributed by atoms with Crippen LogP contribution in [0.5, 0.6) is 5.75 Å². The average molecular weight is 406 g/mol. The Labute approximate surface area is 172 Å². The molecule has 0 aliphatic carbocycles. The number of ether oxygens (including phenoxy) is 1. The lowest BCUT2D eigenvalue weighted by atomic mass is 9.97. The summed E-state index contributed by atoms with van der Waals surface area (Å²) in [4.78, 5) is 0.279. The van der Waals surface area contributed by atoms with E-state index in [1.165, 1.54) is 0 Å². The van der Waals surface area contributed by atoms with Crippen LogP contribution in [0.15, 0.2) is 90.3 Å². The predicted octanol–water partition coefficient (Wildman–Crippen LogP) is 5.02. The minimum absolute atomic E-state index is 0.279. The number of rotatable bonds is 5. The lowest BCUT2D eigenvalue weighted by Gasteiger charge is -2.29. The van der Waals surface area contributed by atoms with Gasteiger partial charge < -0.3 is 4.74 Å². The number of sulfonamides is 1. The third-order valence-corrected chi connectivity index (χ3v) is 7.25. The molecule has 1 aliphatic heterocycles. The summed E-state index contributed by atoms with van der Waals surface area (Å²) in [5, 5.41) is 0. The summed E-state index contributed by atoms with van der Waals surface area (Å²) in [6.07, 6.45) is 1.70. The van der Waals surface area contributed by atoms with Gasteiger partial charge in [0.05, 0.1) is 24.1 Å². The Morgan fingerprint density at radius 2 is 1.55 bits per heavy atom. The maximum absolute atomic E-state index is 13.7. The summed E-state index contributed by atoms with van der Waals surface area (Å²) in [5.41, 5.74) is 3.83. The van der Waals surface area contributed by atoms with Gasteiger partial charge in [0.1, 0.15) is 5.75 Å². The van der Waals surface area contributed by atoms with E-state index in [-0.39, 0.29) is 4.90 Å². The van der Waals surface area contributed by atoms with Gasteiger partial charge in [-0.1, -0.05) is 60.2 Å². The van der Waals surface area contributed by atoms with Gasteiger partial charge in [0.25, 0.3) is 0 Å². The van der Waals surface area contributed by atoms with Crippen LogP contribution >= 0.6 is 0 Å². The van der Waals surface area contributed by atoms with Gasteiger partial charge in [-0.25, -0.2) is 8.42 Å². The maximum atomic E-state index is 13.7. The van der Waals surface area contributed by atoms with E-state index in [0.717, 1.165) is 28.0 Å². The molecule has 0 radical (unpaired) electrons. The van der Waals surface area contributed by atoms with Crippen LogP contribution in [0.4, 0.5) is 0 Å². The van der Waals surface area contributed by atoms with Crippen LogP contribution in [-0.2, 0) is 10.0 Å². The number of hydrogen-bond acceptors (Lipinski definition) is 3. The maximum Gasteiger partial charge on any atom is 0.244 e. The summed E-state index contributed by atoms with van der Waals surface area (Å²) in [7, 11) is -2.15. The van der Waals surface area contributed by atoms with E-state index in [1.54, 1.807) is 29.6 Å². The van der Waals surface area contributed by atoms with Crippen LogP contribution in [0.25, 0.3) is 0 Å². The second-order valence-corrected chi connectivity index (χ2v) is 8.98. The van der Waals surface area contributed by atoms with Gasteiger partial charge in [-0.05, 0) is 47.9 Å². The predicted molar refractivity (Wildman–Crippen MR) is 114 cm³/mol. The van der Waals surface area contributed by atoms with E-state index >= 15 is 0 Å².